The lowest BCUT2D eigenvalue weighted by atomic mass is 10.0. The van der Waals surface area contributed by atoms with E-state index in [1.165, 1.54) is 17.0 Å². The molecule has 35 heavy (non-hydrogen) atoms. The molecule has 4 rings (SSSR count). The number of nitrogens with zero attached hydrogens (tertiary/aromatic N) is 4. The van der Waals surface area contributed by atoms with Gasteiger partial charge in [-0.05, 0) is 55.7 Å². The molecule has 1 aliphatic heterocycles. The van der Waals surface area contributed by atoms with Gasteiger partial charge in [0.15, 0.2) is 0 Å². The largest absolute Gasteiger partial charge is 0.494 e. The second-order valence-corrected chi connectivity index (χ2v) is 8.98. The van der Waals surface area contributed by atoms with E-state index >= 15 is 0 Å². The molecule has 0 saturated carbocycles. The molecule has 3 aromatic rings. The molecule has 0 radical (unpaired) electrons. The van der Waals surface area contributed by atoms with Crippen LogP contribution in [0.4, 0.5) is 16.2 Å². The summed E-state index contributed by atoms with van der Waals surface area (Å²) in [6, 6.07) is 15.3. The lowest BCUT2D eigenvalue weighted by Crippen LogP contribution is -2.44. The van der Waals surface area contributed by atoms with Gasteiger partial charge in [0.25, 0.3) is 5.91 Å². The molecule has 3 amide bonds. The number of benzene rings is 2. The standard InChI is InChI=1S/C26H24ClN4O4/c1-26(2)24(32)31(20-7-10-23(28-3)22(27)17-20)25(33)30(26)13-4-16-35-21-8-5-18(6-9-21)19-11-14-29(34)15-12-19/h5-12,14-15,17,34H,4,13,16H2,1-2H3/q+1. The number of hydrogen-bond acceptors (Lipinski definition) is 4. The molecule has 1 aromatic heterocycles. The number of ether oxygens (including phenoxy) is 1. The van der Waals surface area contributed by atoms with Gasteiger partial charge in [-0.1, -0.05) is 29.8 Å². The minimum atomic E-state index is -1.02. The number of aromatic nitrogens is 1. The van der Waals surface area contributed by atoms with Gasteiger partial charge in [-0.25, -0.2) is 14.5 Å². The normalized spacial score (nSPS) is 14.8. The zero-order valence-electron chi connectivity index (χ0n) is 19.3. The van der Waals surface area contributed by atoms with Gasteiger partial charge in [0, 0.05) is 28.4 Å². The summed E-state index contributed by atoms with van der Waals surface area (Å²) >= 11 is 6.12. The van der Waals surface area contributed by atoms with Crippen LogP contribution in [-0.2, 0) is 4.79 Å². The highest BCUT2D eigenvalue weighted by molar-refractivity contribution is 6.34. The molecule has 0 spiro atoms. The first-order valence-corrected chi connectivity index (χ1v) is 11.4. The van der Waals surface area contributed by atoms with Crippen LogP contribution in [0.25, 0.3) is 16.0 Å². The van der Waals surface area contributed by atoms with E-state index in [-0.39, 0.29) is 16.6 Å². The monoisotopic (exact) mass is 491 g/mol. The van der Waals surface area contributed by atoms with Crippen molar-refractivity contribution >= 4 is 34.9 Å². The van der Waals surface area contributed by atoms with Crippen LogP contribution < -0.4 is 14.4 Å². The second kappa shape index (κ2) is 9.65. The fraction of sp³-hybridized carbons (Fsp3) is 0.231. The summed E-state index contributed by atoms with van der Waals surface area (Å²) in [5.41, 5.74) is 1.54. The minimum Gasteiger partial charge on any atom is -0.494 e. The van der Waals surface area contributed by atoms with Gasteiger partial charge in [0.2, 0.25) is 18.1 Å². The van der Waals surface area contributed by atoms with E-state index in [0.717, 1.165) is 20.8 Å². The molecule has 2 aromatic carbocycles. The van der Waals surface area contributed by atoms with Crippen LogP contribution in [0.3, 0.4) is 0 Å². The summed E-state index contributed by atoms with van der Waals surface area (Å²) < 4.78 is 6.82. The molecule has 0 bridgehead atoms. The summed E-state index contributed by atoms with van der Waals surface area (Å²) in [5.74, 6) is 0.347. The molecule has 0 unspecified atom stereocenters. The maximum atomic E-state index is 13.1. The molecule has 1 fully saturated rings. The van der Waals surface area contributed by atoms with E-state index < -0.39 is 11.6 Å². The smallest absolute Gasteiger partial charge is 0.332 e. The van der Waals surface area contributed by atoms with Crippen molar-refractivity contribution in [2.24, 2.45) is 0 Å². The van der Waals surface area contributed by atoms with Crippen molar-refractivity contribution in [2.45, 2.75) is 25.8 Å². The van der Waals surface area contributed by atoms with Crippen LogP contribution in [0.15, 0.2) is 67.0 Å². The zero-order valence-corrected chi connectivity index (χ0v) is 20.1. The molecule has 0 aliphatic carbocycles. The highest BCUT2D eigenvalue weighted by Crippen LogP contribution is 2.36. The van der Waals surface area contributed by atoms with Gasteiger partial charge in [-0.15, -0.1) is 0 Å². The average Bonchev–Trinajstić information content (AvgIpc) is 3.01. The lowest BCUT2D eigenvalue weighted by Gasteiger charge is -2.27. The number of rotatable bonds is 7. The predicted molar refractivity (Wildman–Crippen MR) is 131 cm³/mol. The predicted octanol–water partition coefficient (Wildman–Crippen LogP) is 5.10. The summed E-state index contributed by atoms with van der Waals surface area (Å²) in [6.45, 7) is 11.2. The van der Waals surface area contributed by atoms with Crippen molar-refractivity contribution in [3.63, 3.8) is 0 Å². The number of urea groups is 1. The third-order valence-electron chi connectivity index (χ3n) is 5.93. The summed E-state index contributed by atoms with van der Waals surface area (Å²) in [4.78, 5) is 32.1. The van der Waals surface area contributed by atoms with Crippen LogP contribution in [-0.4, -0.2) is 40.7 Å². The minimum absolute atomic E-state index is 0.193. The molecule has 2 heterocycles. The van der Waals surface area contributed by atoms with Gasteiger partial charge < -0.3 is 9.64 Å². The molecule has 1 aliphatic rings. The maximum Gasteiger partial charge on any atom is 0.332 e. The summed E-state index contributed by atoms with van der Waals surface area (Å²) in [5, 5.41) is 9.54. The van der Waals surface area contributed by atoms with Crippen molar-refractivity contribution in [2.75, 3.05) is 18.1 Å². The van der Waals surface area contributed by atoms with Gasteiger partial charge in [0.05, 0.1) is 18.9 Å². The third-order valence-corrected chi connectivity index (χ3v) is 6.23. The Bertz CT molecular complexity index is 1300. The van der Waals surface area contributed by atoms with Gasteiger partial charge in [-0.3, -0.25) is 10.0 Å². The first-order valence-electron chi connectivity index (χ1n) is 11.0. The Kier molecular flexibility index (Phi) is 6.63. The molecule has 1 saturated heterocycles. The number of amides is 3. The molecule has 1 N–H and O–H groups in total. The van der Waals surface area contributed by atoms with Crippen LogP contribution in [0, 0.1) is 6.57 Å². The van der Waals surface area contributed by atoms with E-state index in [4.69, 9.17) is 22.9 Å². The summed E-state index contributed by atoms with van der Waals surface area (Å²) in [6.07, 6.45) is 3.65. The second-order valence-electron chi connectivity index (χ2n) is 8.57. The number of pyridine rings is 1. The Morgan fingerprint density at radius 2 is 1.71 bits per heavy atom. The van der Waals surface area contributed by atoms with Crippen LogP contribution in [0.1, 0.15) is 20.3 Å². The van der Waals surface area contributed by atoms with Gasteiger partial charge in [0.1, 0.15) is 11.3 Å². The van der Waals surface area contributed by atoms with Crippen molar-refractivity contribution < 1.29 is 24.3 Å². The highest BCUT2D eigenvalue weighted by atomic mass is 35.5. The van der Waals surface area contributed by atoms with E-state index in [1.54, 1.807) is 32.3 Å². The molecule has 178 valence electrons. The number of imide groups is 1. The third kappa shape index (κ3) is 4.77. The molecule has 8 nitrogen and oxygen atoms in total. The fourth-order valence-corrected chi connectivity index (χ4v) is 4.15. The summed E-state index contributed by atoms with van der Waals surface area (Å²) in [7, 11) is 0. The first kappa shape index (κ1) is 24.0. The average molecular weight is 492 g/mol. The van der Waals surface area contributed by atoms with Crippen molar-refractivity contribution in [3.8, 4) is 16.9 Å². The van der Waals surface area contributed by atoms with Crippen molar-refractivity contribution in [1.29, 1.82) is 0 Å². The van der Waals surface area contributed by atoms with Crippen molar-refractivity contribution in [3.05, 3.63) is 83.4 Å². The number of anilines is 1. The first-order chi connectivity index (χ1) is 16.7. The Balaban J connectivity index is 1.36. The fourth-order valence-electron chi connectivity index (χ4n) is 3.93. The van der Waals surface area contributed by atoms with Crippen molar-refractivity contribution in [1.82, 2.24) is 4.90 Å². The van der Waals surface area contributed by atoms with E-state index in [2.05, 4.69) is 4.85 Å². The highest BCUT2D eigenvalue weighted by Gasteiger charge is 2.51. The Hall–Kier alpha value is -4.09. The Morgan fingerprint density at radius 1 is 1.06 bits per heavy atom. The maximum absolute atomic E-state index is 13.1. The van der Waals surface area contributed by atoms with E-state index in [0.29, 0.717) is 31.0 Å². The molecule has 9 heteroatoms. The van der Waals surface area contributed by atoms with Crippen LogP contribution in [0.5, 0.6) is 5.75 Å². The van der Waals surface area contributed by atoms with E-state index in [1.807, 2.05) is 36.4 Å². The SMILES string of the molecule is [C-]#[N+]c1ccc(N2C(=O)N(CCCOc3ccc(-c4cc[n+](O)cc4)cc3)C(C)(C)C2=O)cc1Cl. The number of halogens is 1. The van der Waals surface area contributed by atoms with E-state index in [9.17, 15) is 14.8 Å². The number of carbonyl (C=O) groups excluding carboxylic acids is 2. The van der Waals surface area contributed by atoms with Gasteiger partial charge in [-0.2, -0.15) is 0 Å². The molecular weight excluding hydrogens is 468 g/mol. The number of hydrogen-bond donors (Lipinski definition) is 1. The quantitative estimate of drug-likeness (QED) is 0.164. The Morgan fingerprint density at radius 3 is 2.34 bits per heavy atom. The Labute approximate surface area is 208 Å². The number of carbonyl (C=O) groups is 2. The molecule has 0 atom stereocenters. The lowest BCUT2D eigenvalue weighted by molar-refractivity contribution is -0.904. The van der Waals surface area contributed by atoms with Crippen LogP contribution >= 0.6 is 11.6 Å². The zero-order chi connectivity index (χ0) is 25.2. The van der Waals surface area contributed by atoms with Crippen LogP contribution in [0.2, 0.25) is 5.02 Å². The molecular formula is C26H24ClN4O4+. The topological polar surface area (TPSA) is 78.3 Å². The van der Waals surface area contributed by atoms with Gasteiger partial charge >= 0.3 is 6.03 Å².